The van der Waals surface area contributed by atoms with Crippen LogP contribution < -0.4 is 5.32 Å². The Bertz CT molecular complexity index is 596. The maximum Gasteiger partial charge on any atom is 0.0211 e. The smallest absolute Gasteiger partial charge is 0.0211 e. The summed E-state index contributed by atoms with van der Waals surface area (Å²) in [5.74, 6) is 0. The number of piperidine rings is 1. The van der Waals surface area contributed by atoms with Crippen molar-refractivity contribution in [2.24, 2.45) is 0 Å². The fourth-order valence-electron chi connectivity index (χ4n) is 3.64. The Hall–Kier alpha value is -1.38. The van der Waals surface area contributed by atoms with Gasteiger partial charge in [-0.25, -0.2) is 0 Å². The lowest BCUT2D eigenvalue weighted by atomic mass is 10.0. The van der Waals surface area contributed by atoms with Crippen LogP contribution >= 0.6 is 0 Å². The number of benzene rings is 2. The van der Waals surface area contributed by atoms with Gasteiger partial charge in [0, 0.05) is 6.54 Å². The van der Waals surface area contributed by atoms with Crippen LogP contribution in [0.15, 0.2) is 42.5 Å². The van der Waals surface area contributed by atoms with Gasteiger partial charge in [-0.15, -0.1) is 0 Å². The molecule has 1 N–H and O–H groups in total. The summed E-state index contributed by atoms with van der Waals surface area (Å²) in [4.78, 5) is 2.62. The highest BCUT2D eigenvalue weighted by Crippen LogP contribution is 2.18. The van der Waals surface area contributed by atoms with Gasteiger partial charge >= 0.3 is 0 Å². The number of fused-ring (bicyclic) bond motifs is 1. The molecule has 24 heavy (non-hydrogen) atoms. The Kier molecular flexibility index (Phi) is 7.13. The summed E-state index contributed by atoms with van der Waals surface area (Å²) in [5.41, 5.74) is 1.41. The van der Waals surface area contributed by atoms with Crippen molar-refractivity contribution in [1.29, 1.82) is 0 Å². The van der Waals surface area contributed by atoms with E-state index in [9.17, 15) is 0 Å². The van der Waals surface area contributed by atoms with Crippen molar-refractivity contribution in [2.45, 2.75) is 45.1 Å². The minimum Gasteiger partial charge on any atom is -0.313 e. The van der Waals surface area contributed by atoms with Gasteiger partial charge in [-0.1, -0.05) is 55.3 Å². The summed E-state index contributed by atoms with van der Waals surface area (Å²) in [5, 5.41) is 6.34. The van der Waals surface area contributed by atoms with Crippen LogP contribution in [-0.2, 0) is 6.54 Å². The van der Waals surface area contributed by atoms with Crippen LogP contribution in [0, 0.1) is 6.42 Å². The number of rotatable bonds is 9. The second-order valence-corrected chi connectivity index (χ2v) is 6.94. The zero-order valence-electron chi connectivity index (χ0n) is 14.8. The number of hydrogen-bond acceptors (Lipinski definition) is 2. The van der Waals surface area contributed by atoms with Gasteiger partial charge in [0.25, 0.3) is 0 Å². The number of unbranched alkanes of at least 4 members (excludes halogenated alkanes) is 3. The average Bonchev–Trinajstić information content (AvgIpc) is 2.65. The summed E-state index contributed by atoms with van der Waals surface area (Å²) in [6.07, 6.45) is 10.4. The average molecular weight is 324 g/mol. The Morgan fingerprint density at radius 2 is 1.62 bits per heavy atom. The molecule has 0 aliphatic carbocycles. The van der Waals surface area contributed by atoms with Crippen molar-refractivity contribution in [3.63, 3.8) is 0 Å². The highest BCUT2D eigenvalue weighted by Gasteiger charge is 2.08. The van der Waals surface area contributed by atoms with E-state index < -0.39 is 0 Å². The molecule has 2 nitrogen and oxygen atoms in total. The van der Waals surface area contributed by atoms with Gasteiger partial charge in [0.05, 0.1) is 0 Å². The van der Waals surface area contributed by atoms with E-state index >= 15 is 0 Å². The number of hydrogen-bond donors (Lipinski definition) is 1. The van der Waals surface area contributed by atoms with E-state index in [1.807, 2.05) is 0 Å². The highest BCUT2D eigenvalue weighted by molar-refractivity contribution is 5.85. The van der Waals surface area contributed by atoms with E-state index in [2.05, 4.69) is 59.1 Å². The van der Waals surface area contributed by atoms with Gasteiger partial charge in [0.1, 0.15) is 0 Å². The van der Waals surface area contributed by atoms with Gasteiger partial charge < -0.3 is 10.2 Å². The van der Waals surface area contributed by atoms with E-state index in [0.29, 0.717) is 0 Å². The maximum atomic E-state index is 3.62. The standard InChI is InChI=1S/C22H31N2/c1(2-7-16-24-17-8-3-9-18-24)6-15-23-19-21-13-10-12-20-11-4-5-14-22(20)21/h3-5,10-14,23H,1-2,6-9,15-19H2. The molecule has 1 aliphatic rings. The summed E-state index contributed by atoms with van der Waals surface area (Å²) < 4.78 is 0. The number of nitrogens with one attached hydrogen (secondary N) is 1. The van der Waals surface area contributed by atoms with Gasteiger partial charge in [-0.3, -0.25) is 0 Å². The Labute approximate surface area is 147 Å². The van der Waals surface area contributed by atoms with Crippen molar-refractivity contribution >= 4 is 10.8 Å². The summed E-state index contributed by atoms with van der Waals surface area (Å²) >= 11 is 0. The second-order valence-electron chi connectivity index (χ2n) is 6.94. The van der Waals surface area contributed by atoms with E-state index in [-0.39, 0.29) is 0 Å². The monoisotopic (exact) mass is 323 g/mol. The van der Waals surface area contributed by atoms with Gasteiger partial charge in [-0.05, 0) is 74.6 Å². The largest absolute Gasteiger partial charge is 0.313 e. The van der Waals surface area contributed by atoms with Crippen molar-refractivity contribution in [2.75, 3.05) is 26.2 Å². The molecule has 1 radical (unpaired) electrons. The molecule has 3 rings (SSSR count). The Balaban J connectivity index is 1.27. The third kappa shape index (κ3) is 5.32. The molecule has 0 bridgehead atoms. The third-order valence-electron chi connectivity index (χ3n) is 5.07. The van der Waals surface area contributed by atoms with Crippen LogP contribution in [0.5, 0.6) is 0 Å². The molecule has 0 unspecified atom stereocenters. The maximum absolute atomic E-state index is 3.62. The molecule has 1 saturated heterocycles. The van der Waals surface area contributed by atoms with Crippen LogP contribution in [-0.4, -0.2) is 31.1 Å². The van der Waals surface area contributed by atoms with E-state index in [1.165, 1.54) is 74.5 Å². The SMILES string of the molecule is [CH]1CCN(CCCCCCNCc2cccc3ccccc23)CC1. The molecule has 0 spiro atoms. The molecule has 1 fully saturated rings. The van der Waals surface area contributed by atoms with Crippen molar-refractivity contribution in [3.8, 4) is 0 Å². The van der Waals surface area contributed by atoms with E-state index in [0.717, 1.165) is 13.1 Å². The van der Waals surface area contributed by atoms with Gasteiger partial charge in [0.2, 0.25) is 0 Å². The van der Waals surface area contributed by atoms with Gasteiger partial charge in [0.15, 0.2) is 0 Å². The first-order valence-electron chi connectivity index (χ1n) is 9.65. The Morgan fingerprint density at radius 1 is 0.833 bits per heavy atom. The van der Waals surface area contributed by atoms with Crippen LogP contribution in [0.2, 0.25) is 0 Å². The molecule has 2 aromatic carbocycles. The quantitative estimate of drug-likeness (QED) is 0.667. The zero-order chi connectivity index (χ0) is 16.5. The van der Waals surface area contributed by atoms with Gasteiger partial charge in [-0.2, -0.15) is 0 Å². The molecule has 0 amide bonds. The summed E-state index contributed by atoms with van der Waals surface area (Å²) in [6, 6.07) is 15.3. The van der Waals surface area contributed by atoms with Crippen LogP contribution in [0.3, 0.4) is 0 Å². The predicted octanol–water partition coefficient (Wildman–Crippen LogP) is 4.79. The molecule has 129 valence electrons. The molecule has 0 aromatic heterocycles. The first-order valence-corrected chi connectivity index (χ1v) is 9.65. The molecule has 2 aromatic rings. The topological polar surface area (TPSA) is 15.3 Å². The third-order valence-corrected chi connectivity index (χ3v) is 5.07. The van der Waals surface area contributed by atoms with E-state index in [1.54, 1.807) is 0 Å². The minimum absolute atomic E-state index is 0.978. The molecular formula is C22H31N2. The van der Waals surface area contributed by atoms with E-state index in [4.69, 9.17) is 0 Å². The fraction of sp³-hybridized carbons (Fsp3) is 0.500. The molecule has 2 heteroatoms. The minimum atomic E-state index is 0.978. The summed E-state index contributed by atoms with van der Waals surface area (Å²) in [7, 11) is 0. The van der Waals surface area contributed by atoms with Crippen LogP contribution in [0.1, 0.15) is 44.1 Å². The fourth-order valence-corrected chi connectivity index (χ4v) is 3.64. The lowest BCUT2D eigenvalue weighted by Crippen LogP contribution is -2.30. The molecule has 0 saturated carbocycles. The van der Waals surface area contributed by atoms with Crippen molar-refractivity contribution in [3.05, 3.63) is 54.4 Å². The van der Waals surface area contributed by atoms with Crippen LogP contribution in [0.25, 0.3) is 10.8 Å². The lowest BCUT2D eigenvalue weighted by Gasteiger charge is -2.26. The normalized spacial score (nSPS) is 15.8. The highest BCUT2D eigenvalue weighted by atomic mass is 15.1. The predicted molar refractivity (Wildman–Crippen MR) is 104 cm³/mol. The number of likely N-dealkylation sites (tertiary alicyclic amines) is 1. The summed E-state index contributed by atoms with van der Waals surface area (Å²) in [6.45, 7) is 5.98. The van der Waals surface area contributed by atoms with Crippen LogP contribution in [0.4, 0.5) is 0 Å². The first-order chi connectivity index (χ1) is 11.9. The second kappa shape index (κ2) is 9.80. The van der Waals surface area contributed by atoms with Crippen molar-refractivity contribution < 1.29 is 0 Å². The van der Waals surface area contributed by atoms with Crippen molar-refractivity contribution in [1.82, 2.24) is 10.2 Å². The zero-order valence-corrected chi connectivity index (χ0v) is 14.8. The molecule has 0 atom stereocenters. The first kappa shape index (κ1) is 17.4. The molecule has 1 heterocycles. The lowest BCUT2D eigenvalue weighted by molar-refractivity contribution is 0.248. The Morgan fingerprint density at radius 3 is 2.54 bits per heavy atom. The number of nitrogens with zero attached hydrogens (tertiary/aromatic N) is 1. The molecule has 1 aliphatic heterocycles. The molecular weight excluding hydrogens is 292 g/mol.